The van der Waals surface area contributed by atoms with Crippen LogP contribution in [0.1, 0.15) is 25.7 Å². The van der Waals surface area contributed by atoms with Gasteiger partial charge in [0.15, 0.2) is 6.10 Å². The minimum absolute atomic E-state index is 0.0172. The summed E-state index contributed by atoms with van der Waals surface area (Å²) in [6, 6.07) is 0. The molecule has 0 spiro atoms. The summed E-state index contributed by atoms with van der Waals surface area (Å²) in [5.74, 6) is -0.847. The summed E-state index contributed by atoms with van der Waals surface area (Å²) in [6.45, 7) is 0.794. The first-order chi connectivity index (χ1) is 6.27. The molecule has 2 saturated heterocycles. The molecule has 4 nitrogen and oxygen atoms in total. The number of carboxylic acids is 1. The molecule has 0 aliphatic carbocycles. The van der Waals surface area contributed by atoms with Gasteiger partial charge in [0.2, 0.25) is 0 Å². The summed E-state index contributed by atoms with van der Waals surface area (Å²) in [5.41, 5.74) is 0. The van der Waals surface area contributed by atoms with E-state index in [4.69, 9.17) is 14.6 Å². The van der Waals surface area contributed by atoms with Gasteiger partial charge in [-0.05, 0) is 25.7 Å². The van der Waals surface area contributed by atoms with Crippen LogP contribution < -0.4 is 0 Å². The lowest BCUT2D eigenvalue weighted by atomic mass is 10.1. The van der Waals surface area contributed by atoms with E-state index in [1.54, 1.807) is 0 Å². The molecule has 0 aromatic heterocycles. The molecular weight excluding hydrogens is 172 g/mol. The third kappa shape index (κ3) is 1.84. The molecule has 2 aliphatic rings. The number of carbonyl (C=O) groups is 1. The topological polar surface area (TPSA) is 55.8 Å². The van der Waals surface area contributed by atoms with Crippen molar-refractivity contribution in [2.24, 2.45) is 0 Å². The average Bonchev–Trinajstić information content (AvgIpc) is 2.75. The minimum Gasteiger partial charge on any atom is -0.479 e. The van der Waals surface area contributed by atoms with Crippen molar-refractivity contribution >= 4 is 5.97 Å². The van der Waals surface area contributed by atoms with Crippen LogP contribution in [0.4, 0.5) is 0 Å². The standard InChI is InChI=1S/C9H14O4/c10-9(11)8-4-3-7(13-8)6-2-1-5-12-6/h6-8H,1-5H2,(H,10,11)/t6-,7-,8+/m0/s1. The van der Waals surface area contributed by atoms with Crippen molar-refractivity contribution in [3.05, 3.63) is 0 Å². The fourth-order valence-corrected chi connectivity index (χ4v) is 2.01. The number of rotatable bonds is 2. The predicted molar refractivity (Wildman–Crippen MR) is 44.5 cm³/mol. The van der Waals surface area contributed by atoms with Crippen LogP contribution in [0, 0.1) is 0 Å². The van der Waals surface area contributed by atoms with Crippen LogP contribution in [-0.2, 0) is 14.3 Å². The van der Waals surface area contributed by atoms with Gasteiger partial charge >= 0.3 is 5.97 Å². The van der Waals surface area contributed by atoms with E-state index in [1.807, 2.05) is 0 Å². The van der Waals surface area contributed by atoms with Gasteiger partial charge in [0.25, 0.3) is 0 Å². The zero-order chi connectivity index (χ0) is 9.26. The highest BCUT2D eigenvalue weighted by molar-refractivity contribution is 5.72. The van der Waals surface area contributed by atoms with Crippen molar-refractivity contribution in [2.45, 2.75) is 44.0 Å². The van der Waals surface area contributed by atoms with E-state index >= 15 is 0 Å². The average molecular weight is 186 g/mol. The van der Waals surface area contributed by atoms with Gasteiger partial charge in [-0.3, -0.25) is 0 Å². The van der Waals surface area contributed by atoms with E-state index in [9.17, 15) is 4.79 Å². The van der Waals surface area contributed by atoms with Gasteiger partial charge in [0.1, 0.15) is 0 Å². The molecule has 2 fully saturated rings. The number of ether oxygens (including phenoxy) is 2. The normalized spacial score (nSPS) is 39.5. The zero-order valence-electron chi connectivity index (χ0n) is 7.44. The fourth-order valence-electron chi connectivity index (χ4n) is 2.01. The lowest BCUT2D eigenvalue weighted by molar-refractivity contribution is -0.152. The molecule has 1 N–H and O–H groups in total. The number of aliphatic carboxylic acids is 1. The Bertz CT molecular complexity index is 198. The number of hydrogen-bond donors (Lipinski definition) is 1. The SMILES string of the molecule is O=C(O)[C@H]1CC[C@@H]([C@@H]2CCCO2)O1. The summed E-state index contributed by atoms with van der Waals surface area (Å²) in [6.07, 6.45) is 3.09. The quantitative estimate of drug-likeness (QED) is 0.693. The van der Waals surface area contributed by atoms with E-state index in [2.05, 4.69) is 0 Å². The van der Waals surface area contributed by atoms with E-state index in [0.29, 0.717) is 6.42 Å². The van der Waals surface area contributed by atoms with E-state index in [-0.39, 0.29) is 12.2 Å². The van der Waals surface area contributed by atoms with Gasteiger partial charge in [-0.15, -0.1) is 0 Å². The molecule has 4 heteroatoms. The molecule has 0 amide bonds. The third-order valence-corrected chi connectivity index (χ3v) is 2.71. The van der Waals surface area contributed by atoms with Gasteiger partial charge in [0.05, 0.1) is 12.2 Å². The molecule has 0 aromatic rings. The highest BCUT2D eigenvalue weighted by atomic mass is 16.6. The zero-order valence-corrected chi connectivity index (χ0v) is 7.44. The Morgan fingerprint density at radius 1 is 1.23 bits per heavy atom. The number of hydrogen-bond acceptors (Lipinski definition) is 3. The van der Waals surface area contributed by atoms with Gasteiger partial charge in [-0.25, -0.2) is 4.79 Å². The predicted octanol–water partition coefficient (Wildman–Crippen LogP) is 0.798. The first kappa shape index (κ1) is 8.97. The van der Waals surface area contributed by atoms with Crippen molar-refractivity contribution in [1.82, 2.24) is 0 Å². The second-order valence-corrected chi connectivity index (χ2v) is 3.63. The summed E-state index contributed by atoms with van der Waals surface area (Å²) in [7, 11) is 0. The van der Waals surface area contributed by atoms with Crippen LogP contribution in [-0.4, -0.2) is 36.0 Å². The van der Waals surface area contributed by atoms with Crippen LogP contribution >= 0.6 is 0 Å². The maximum atomic E-state index is 10.6. The Morgan fingerprint density at radius 2 is 2.08 bits per heavy atom. The molecule has 13 heavy (non-hydrogen) atoms. The molecule has 2 rings (SSSR count). The molecule has 2 aliphatic heterocycles. The third-order valence-electron chi connectivity index (χ3n) is 2.71. The molecule has 74 valence electrons. The van der Waals surface area contributed by atoms with Crippen molar-refractivity contribution < 1.29 is 19.4 Å². The Kier molecular flexibility index (Phi) is 2.51. The van der Waals surface area contributed by atoms with Crippen molar-refractivity contribution in [3.8, 4) is 0 Å². The van der Waals surface area contributed by atoms with Gasteiger partial charge < -0.3 is 14.6 Å². The lowest BCUT2D eigenvalue weighted by Crippen LogP contribution is -2.28. The largest absolute Gasteiger partial charge is 0.479 e. The smallest absolute Gasteiger partial charge is 0.332 e. The maximum Gasteiger partial charge on any atom is 0.332 e. The molecule has 0 saturated carbocycles. The molecular formula is C9H14O4. The molecule has 2 heterocycles. The minimum atomic E-state index is -0.847. The Hall–Kier alpha value is -0.610. The van der Waals surface area contributed by atoms with Gasteiger partial charge in [-0.1, -0.05) is 0 Å². The lowest BCUT2D eigenvalue weighted by Gasteiger charge is -2.17. The maximum absolute atomic E-state index is 10.6. The van der Waals surface area contributed by atoms with Crippen LogP contribution in [0.15, 0.2) is 0 Å². The van der Waals surface area contributed by atoms with E-state index in [0.717, 1.165) is 25.9 Å². The molecule has 0 unspecified atom stereocenters. The summed E-state index contributed by atoms with van der Waals surface area (Å²) < 4.78 is 10.8. The number of carboxylic acid groups (broad SMARTS) is 1. The second-order valence-electron chi connectivity index (χ2n) is 3.63. The van der Waals surface area contributed by atoms with Crippen LogP contribution in [0.3, 0.4) is 0 Å². The Morgan fingerprint density at radius 3 is 2.62 bits per heavy atom. The van der Waals surface area contributed by atoms with Crippen LogP contribution in [0.5, 0.6) is 0 Å². The second kappa shape index (κ2) is 3.64. The van der Waals surface area contributed by atoms with E-state index in [1.165, 1.54) is 0 Å². The summed E-state index contributed by atoms with van der Waals surface area (Å²) in [4.78, 5) is 10.6. The molecule has 3 atom stereocenters. The summed E-state index contributed by atoms with van der Waals surface area (Å²) >= 11 is 0. The fraction of sp³-hybridized carbons (Fsp3) is 0.889. The van der Waals surface area contributed by atoms with Crippen molar-refractivity contribution in [3.63, 3.8) is 0 Å². The first-order valence-electron chi connectivity index (χ1n) is 4.77. The highest BCUT2D eigenvalue weighted by Crippen LogP contribution is 2.28. The molecule has 0 bridgehead atoms. The van der Waals surface area contributed by atoms with Crippen LogP contribution in [0.25, 0.3) is 0 Å². The van der Waals surface area contributed by atoms with Gasteiger partial charge in [-0.2, -0.15) is 0 Å². The monoisotopic (exact) mass is 186 g/mol. The first-order valence-corrected chi connectivity index (χ1v) is 4.77. The molecule has 0 radical (unpaired) electrons. The molecule has 0 aromatic carbocycles. The summed E-state index contributed by atoms with van der Waals surface area (Å²) in [5, 5.41) is 8.71. The van der Waals surface area contributed by atoms with Gasteiger partial charge in [0, 0.05) is 6.61 Å². The Labute approximate surface area is 76.8 Å². The van der Waals surface area contributed by atoms with Crippen molar-refractivity contribution in [1.29, 1.82) is 0 Å². The highest BCUT2D eigenvalue weighted by Gasteiger charge is 2.36. The van der Waals surface area contributed by atoms with Crippen molar-refractivity contribution in [2.75, 3.05) is 6.61 Å². The van der Waals surface area contributed by atoms with Crippen LogP contribution in [0.2, 0.25) is 0 Å². The van der Waals surface area contributed by atoms with E-state index < -0.39 is 12.1 Å². The Balaban J connectivity index is 1.86.